The van der Waals surface area contributed by atoms with Crippen molar-refractivity contribution in [3.8, 4) is 0 Å². The zero-order valence-electron chi connectivity index (χ0n) is 12.7. The highest BCUT2D eigenvalue weighted by molar-refractivity contribution is 5.76. The molecule has 21 heavy (non-hydrogen) atoms. The first kappa shape index (κ1) is 16.0. The van der Waals surface area contributed by atoms with Gasteiger partial charge in [-0.05, 0) is 19.9 Å². The Morgan fingerprint density at radius 3 is 2.29 bits per heavy atom. The molecule has 1 saturated carbocycles. The van der Waals surface area contributed by atoms with Crippen LogP contribution < -0.4 is 10.7 Å². The molecule has 1 aliphatic carbocycles. The predicted octanol–water partition coefficient (Wildman–Crippen LogP) is 0.626. The molecule has 0 radical (unpaired) electrons. The molecule has 2 fully saturated rings. The fourth-order valence-electron chi connectivity index (χ4n) is 3.19. The lowest BCUT2D eigenvalue weighted by Crippen LogP contribution is -2.59. The van der Waals surface area contributed by atoms with Gasteiger partial charge in [0.2, 0.25) is 0 Å². The Kier molecular flexibility index (Phi) is 5.41. The summed E-state index contributed by atoms with van der Waals surface area (Å²) >= 11 is 0. The highest BCUT2D eigenvalue weighted by Crippen LogP contribution is 2.31. The number of carbonyl (C=O) groups is 2. The van der Waals surface area contributed by atoms with E-state index >= 15 is 0 Å². The van der Waals surface area contributed by atoms with Gasteiger partial charge < -0.3 is 15.3 Å². The molecule has 0 bridgehead atoms. The second-order valence-electron chi connectivity index (χ2n) is 6.27. The summed E-state index contributed by atoms with van der Waals surface area (Å²) in [5, 5.41) is 13.9. The van der Waals surface area contributed by atoms with Crippen molar-refractivity contribution in [3.05, 3.63) is 0 Å². The van der Waals surface area contributed by atoms with Crippen LogP contribution in [0.4, 0.5) is 4.79 Å². The summed E-state index contributed by atoms with van der Waals surface area (Å²) in [7, 11) is 2.06. The fraction of sp³-hybridized carbons (Fsp3) is 0.857. The Labute approximate surface area is 125 Å². The first-order valence-electron chi connectivity index (χ1n) is 7.73. The maximum Gasteiger partial charge on any atom is 0.329 e. The van der Waals surface area contributed by atoms with Crippen LogP contribution in [0.2, 0.25) is 0 Å². The van der Waals surface area contributed by atoms with Crippen LogP contribution in [0.5, 0.6) is 0 Å². The van der Waals surface area contributed by atoms with Gasteiger partial charge in [-0.3, -0.25) is 10.2 Å². The van der Waals surface area contributed by atoms with Crippen molar-refractivity contribution < 1.29 is 14.7 Å². The van der Waals surface area contributed by atoms with Crippen LogP contribution >= 0.6 is 0 Å². The number of piperazine rings is 1. The zero-order valence-corrected chi connectivity index (χ0v) is 12.7. The SMILES string of the molecule is CN1CCN(NC(=O)NC2(CC(=O)O)CCCCC2)CC1. The number of hydrogen-bond donors (Lipinski definition) is 3. The molecule has 0 aromatic rings. The summed E-state index contributed by atoms with van der Waals surface area (Å²) < 4.78 is 0. The van der Waals surface area contributed by atoms with Crippen molar-refractivity contribution in [1.29, 1.82) is 0 Å². The molecule has 120 valence electrons. The quantitative estimate of drug-likeness (QED) is 0.709. The average Bonchev–Trinajstić information content (AvgIpc) is 2.41. The molecule has 2 rings (SSSR count). The van der Waals surface area contributed by atoms with Gasteiger partial charge >= 0.3 is 12.0 Å². The van der Waals surface area contributed by atoms with Gasteiger partial charge in [0.05, 0.1) is 12.0 Å². The Hall–Kier alpha value is -1.34. The van der Waals surface area contributed by atoms with Gasteiger partial charge in [0, 0.05) is 26.2 Å². The van der Waals surface area contributed by atoms with Gasteiger partial charge in [-0.2, -0.15) is 0 Å². The van der Waals surface area contributed by atoms with Crippen LogP contribution in [0, 0.1) is 0 Å². The Morgan fingerprint density at radius 2 is 1.71 bits per heavy atom. The molecule has 3 N–H and O–H groups in total. The number of amides is 2. The lowest BCUT2D eigenvalue weighted by Gasteiger charge is -2.38. The zero-order chi connectivity index (χ0) is 15.3. The summed E-state index contributed by atoms with van der Waals surface area (Å²) in [4.78, 5) is 25.5. The number of likely N-dealkylation sites (N-methyl/N-ethyl adjacent to an activating group) is 1. The Balaban J connectivity index is 1.87. The normalized spacial score (nSPS) is 23.5. The first-order valence-corrected chi connectivity index (χ1v) is 7.73. The standard InChI is InChI=1S/C14H26N4O3/c1-17-7-9-18(10-8-17)16-13(21)15-14(11-12(19)20)5-3-2-4-6-14/h2-11H2,1H3,(H,19,20)(H2,15,16,21). The average molecular weight is 298 g/mol. The largest absolute Gasteiger partial charge is 0.481 e. The fourth-order valence-corrected chi connectivity index (χ4v) is 3.19. The van der Waals surface area contributed by atoms with Gasteiger partial charge in [0.25, 0.3) is 0 Å². The van der Waals surface area contributed by atoms with E-state index in [0.29, 0.717) is 0 Å². The van der Waals surface area contributed by atoms with Crippen molar-refractivity contribution in [2.45, 2.75) is 44.1 Å². The number of hydrazine groups is 1. The van der Waals surface area contributed by atoms with Crippen LogP contribution in [-0.4, -0.2) is 65.8 Å². The number of aliphatic carboxylic acids is 1. The highest BCUT2D eigenvalue weighted by Gasteiger charge is 2.36. The van der Waals surface area contributed by atoms with Crippen LogP contribution in [0.25, 0.3) is 0 Å². The van der Waals surface area contributed by atoms with Gasteiger partial charge in [-0.15, -0.1) is 0 Å². The van der Waals surface area contributed by atoms with Gasteiger partial charge in [0.1, 0.15) is 0 Å². The topological polar surface area (TPSA) is 84.9 Å². The molecule has 0 aromatic carbocycles. The smallest absolute Gasteiger partial charge is 0.329 e. The summed E-state index contributed by atoms with van der Waals surface area (Å²) in [6.45, 7) is 3.41. The second-order valence-corrected chi connectivity index (χ2v) is 6.27. The molecule has 2 aliphatic rings. The van der Waals surface area contributed by atoms with Gasteiger partial charge in [0.15, 0.2) is 0 Å². The summed E-state index contributed by atoms with van der Waals surface area (Å²) in [6, 6.07) is -0.275. The van der Waals surface area contributed by atoms with E-state index in [2.05, 4.69) is 22.7 Å². The van der Waals surface area contributed by atoms with Crippen molar-refractivity contribution in [2.75, 3.05) is 33.2 Å². The summed E-state index contributed by atoms with van der Waals surface area (Å²) in [5.41, 5.74) is 2.27. The predicted molar refractivity (Wildman–Crippen MR) is 78.8 cm³/mol. The number of rotatable bonds is 4. The van der Waals surface area contributed by atoms with Crippen molar-refractivity contribution in [3.63, 3.8) is 0 Å². The van der Waals surface area contributed by atoms with E-state index in [0.717, 1.165) is 58.3 Å². The minimum atomic E-state index is -0.850. The van der Waals surface area contributed by atoms with E-state index in [9.17, 15) is 9.59 Å². The molecule has 1 heterocycles. The van der Waals surface area contributed by atoms with Crippen LogP contribution in [0.3, 0.4) is 0 Å². The molecule has 0 spiro atoms. The molecule has 1 aliphatic heterocycles. The van der Waals surface area contributed by atoms with E-state index < -0.39 is 11.5 Å². The molecular formula is C14H26N4O3. The van der Waals surface area contributed by atoms with E-state index in [-0.39, 0.29) is 12.5 Å². The molecule has 0 aromatic heterocycles. The summed E-state index contributed by atoms with van der Waals surface area (Å²) in [5.74, 6) is -0.850. The molecule has 7 nitrogen and oxygen atoms in total. The number of carboxylic acids is 1. The minimum absolute atomic E-state index is 0.00313. The second kappa shape index (κ2) is 7.09. The van der Waals surface area contributed by atoms with Gasteiger partial charge in [-0.1, -0.05) is 19.3 Å². The number of carbonyl (C=O) groups excluding carboxylic acids is 1. The monoisotopic (exact) mass is 298 g/mol. The summed E-state index contributed by atoms with van der Waals surface area (Å²) in [6.07, 6.45) is 4.56. The van der Waals surface area contributed by atoms with Crippen LogP contribution in [0.15, 0.2) is 0 Å². The number of nitrogens with one attached hydrogen (secondary N) is 2. The third-order valence-electron chi connectivity index (χ3n) is 4.44. The minimum Gasteiger partial charge on any atom is -0.481 e. The first-order chi connectivity index (χ1) is 9.99. The maximum atomic E-state index is 12.2. The number of nitrogens with zero attached hydrogens (tertiary/aromatic N) is 2. The molecule has 0 atom stereocenters. The lowest BCUT2D eigenvalue weighted by molar-refractivity contribution is -0.139. The number of urea groups is 1. The van der Waals surface area contributed by atoms with Gasteiger partial charge in [-0.25, -0.2) is 9.80 Å². The van der Waals surface area contributed by atoms with E-state index in [1.54, 1.807) is 0 Å². The number of hydrogen-bond acceptors (Lipinski definition) is 4. The van der Waals surface area contributed by atoms with Crippen LogP contribution in [-0.2, 0) is 4.79 Å². The maximum absolute atomic E-state index is 12.2. The van der Waals surface area contributed by atoms with Crippen LogP contribution in [0.1, 0.15) is 38.5 Å². The highest BCUT2D eigenvalue weighted by atomic mass is 16.4. The molecule has 2 amide bonds. The lowest BCUT2D eigenvalue weighted by atomic mass is 9.79. The van der Waals surface area contributed by atoms with E-state index in [1.807, 2.05) is 5.01 Å². The Morgan fingerprint density at radius 1 is 1.10 bits per heavy atom. The molecule has 0 unspecified atom stereocenters. The third kappa shape index (κ3) is 4.86. The third-order valence-corrected chi connectivity index (χ3v) is 4.44. The Bertz CT molecular complexity index is 374. The van der Waals surface area contributed by atoms with Crippen molar-refractivity contribution >= 4 is 12.0 Å². The molecular weight excluding hydrogens is 272 g/mol. The number of carboxylic acid groups (broad SMARTS) is 1. The van der Waals surface area contributed by atoms with E-state index in [4.69, 9.17) is 5.11 Å². The molecule has 1 saturated heterocycles. The van der Waals surface area contributed by atoms with E-state index in [1.165, 1.54) is 0 Å². The van der Waals surface area contributed by atoms with Crippen molar-refractivity contribution in [1.82, 2.24) is 20.7 Å². The molecule has 7 heteroatoms. The van der Waals surface area contributed by atoms with Crippen molar-refractivity contribution in [2.24, 2.45) is 0 Å².